The second-order valence-corrected chi connectivity index (χ2v) is 7.59. The van der Waals surface area contributed by atoms with Crippen LogP contribution in [0.4, 0.5) is 0 Å². The maximum atomic E-state index is 12.4. The predicted molar refractivity (Wildman–Crippen MR) is 75.8 cm³/mol. The summed E-state index contributed by atoms with van der Waals surface area (Å²) in [5.41, 5.74) is 0. The molecule has 0 spiro atoms. The highest BCUT2D eigenvalue weighted by molar-refractivity contribution is 7.89. The Morgan fingerprint density at radius 2 is 2.15 bits per heavy atom. The number of aliphatic hydroxyl groups is 1. The number of rotatable bonds is 6. The lowest BCUT2D eigenvalue weighted by molar-refractivity contribution is 0.0367. The molecular weight excluding hydrogens is 278 g/mol. The maximum absolute atomic E-state index is 12.4. The third-order valence-corrected chi connectivity index (χ3v) is 5.51. The number of hydrogen-bond donors (Lipinski definition) is 1. The van der Waals surface area contributed by atoms with E-state index in [2.05, 4.69) is 4.98 Å². The van der Waals surface area contributed by atoms with Crippen LogP contribution in [-0.4, -0.2) is 47.1 Å². The quantitative estimate of drug-likeness (QED) is 0.850. The van der Waals surface area contributed by atoms with Gasteiger partial charge >= 0.3 is 0 Å². The highest BCUT2D eigenvalue weighted by Gasteiger charge is 2.32. The molecule has 1 aliphatic carbocycles. The minimum atomic E-state index is -3.53. The summed E-state index contributed by atoms with van der Waals surface area (Å²) in [5.74, 6) is 0.974. The molecule has 0 radical (unpaired) electrons. The zero-order valence-corrected chi connectivity index (χ0v) is 13.1. The summed E-state index contributed by atoms with van der Waals surface area (Å²) in [6.07, 6.45) is 3.65. The Bertz CT molecular complexity index is 561. The van der Waals surface area contributed by atoms with Crippen molar-refractivity contribution in [1.82, 2.24) is 13.9 Å². The molecule has 0 saturated heterocycles. The SMILES string of the molecule is CCCn1cc(S(=O)(=O)N(C)CC2CC(O)C2)nc1C. The average Bonchev–Trinajstić information content (AvgIpc) is 2.70. The molecule has 2 rings (SSSR count). The highest BCUT2D eigenvalue weighted by Crippen LogP contribution is 2.29. The molecule has 0 atom stereocenters. The van der Waals surface area contributed by atoms with Crippen molar-refractivity contribution in [2.75, 3.05) is 13.6 Å². The van der Waals surface area contributed by atoms with E-state index in [0.29, 0.717) is 19.4 Å². The number of hydrogen-bond acceptors (Lipinski definition) is 4. The van der Waals surface area contributed by atoms with Gasteiger partial charge in [0.25, 0.3) is 10.0 Å². The molecular formula is C13H23N3O3S. The van der Waals surface area contributed by atoms with Crippen LogP contribution in [0.15, 0.2) is 11.2 Å². The van der Waals surface area contributed by atoms with Gasteiger partial charge in [0.05, 0.1) is 6.10 Å². The standard InChI is InChI=1S/C13H23N3O3S/c1-4-5-16-9-13(14-10(16)2)20(18,19)15(3)8-11-6-12(17)7-11/h9,11-12,17H,4-8H2,1-3H3. The van der Waals surface area contributed by atoms with Gasteiger partial charge < -0.3 is 9.67 Å². The van der Waals surface area contributed by atoms with Crippen LogP contribution in [0, 0.1) is 12.8 Å². The molecule has 20 heavy (non-hydrogen) atoms. The van der Waals surface area contributed by atoms with Gasteiger partial charge in [0.1, 0.15) is 5.82 Å². The molecule has 1 aliphatic rings. The van der Waals surface area contributed by atoms with Gasteiger partial charge in [-0.25, -0.2) is 13.4 Å². The first-order valence-electron chi connectivity index (χ1n) is 7.02. The van der Waals surface area contributed by atoms with Crippen LogP contribution >= 0.6 is 0 Å². The van der Waals surface area contributed by atoms with Crippen LogP contribution in [0.25, 0.3) is 0 Å². The van der Waals surface area contributed by atoms with E-state index in [9.17, 15) is 13.5 Å². The number of aromatic nitrogens is 2. The van der Waals surface area contributed by atoms with Crippen molar-refractivity contribution in [2.24, 2.45) is 5.92 Å². The lowest BCUT2D eigenvalue weighted by Gasteiger charge is -2.33. The molecule has 0 bridgehead atoms. The first-order chi connectivity index (χ1) is 9.34. The number of aliphatic hydroxyl groups excluding tert-OH is 1. The summed E-state index contributed by atoms with van der Waals surface area (Å²) in [5, 5.41) is 9.38. The summed E-state index contributed by atoms with van der Waals surface area (Å²) < 4.78 is 28.1. The summed E-state index contributed by atoms with van der Waals surface area (Å²) in [6, 6.07) is 0. The Kier molecular flexibility index (Phi) is 4.51. The first-order valence-corrected chi connectivity index (χ1v) is 8.46. The minimum Gasteiger partial charge on any atom is -0.393 e. The summed E-state index contributed by atoms with van der Waals surface area (Å²) in [7, 11) is -1.95. The topological polar surface area (TPSA) is 75.4 Å². The van der Waals surface area contributed by atoms with Gasteiger partial charge in [-0.3, -0.25) is 0 Å². The third kappa shape index (κ3) is 3.05. The Balaban J connectivity index is 2.10. The Hall–Kier alpha value is -0.920. The van der Waals surface area contributed by atoms with Gasteiger partial charge in [0.2, 0.25) is 0 Å². The fraction of sp³-hybridized carbons (Fsp3) is 0.769. The molecule has 0 aromatic carbocycles. The van der Waals surface area contributed by atoms with Gasteiger partial charge in [-0.1, -0.05) is 6.92 Å². The molecule has 0 amide bonds. The van der Waals surface area contributed by atoms with Crippen molar-refractivity contribution >= 4 is 10.0 Å². The first kappa shape index (κ1) is 15.5. The predicted octanol–water partition coefficient (Wildman–Crippen LogP) is 0.993. The van der Waals surface area contributed by atoms with Crippen LogP contribution in [0.5, 0.6) is 0 Å². The summed E-state index contributed by atoms with van der Waals surface area (Å²) >= 11 is 0. The fourth-order valence-corrected chi connectivity index (χ4v) is 3.78. The molecule has 6 nitrogen and oxygen atoms in total. The van der Waals surface area contributed by atoms with Gasteiger partial charge in [-0.05, 0) is 32.1 Å². The molecule has 1 heterocycles. The van der Waals surface area contributed by atoms with Crippen molar-refractivity contribution in [2.45, 2.75) is 50.8 Å². The highest BCUT2D eigenvalue weighted by atomic mass is 32.2. The fourth-order valence-electron chi connectivity index (χ4n) is 2.54. The van der Waals surface area contributed by atoms with Crippen LogP contribution < -0.4 is 0 Å². The van der Waals surface area contributed by atoms with E-state index in [1.165, 1.54) is 4.31 Å². The van der Waals surface area contributed by atoms with Gasteiger partial charge in [0, 0.05) is 26.3 Å². The van der Waals surface area contributed by atoms with E-state index in [1.807, 2.05) is 18.4 Å². The number of imidazole rings is 1. The Morgan fingerprint density at radius 1 is 1.50 bits per heavy atom. The monoisotopic (exact) mass is 301 g/mol. The zero-order valence-electron chi connectivity index (χ0n) is 12.3. The van der Waals surface area contributed by atoms with E-state index < -0.39 is 10.0 Å². The molecule has 1 aromatic rings. The molecule has 1 aromatic heterocycles. The second-order valence-electron chi connectivity index (χ2n) is 5.60. The number of sulfonamides is 1. The smallest absolute Gasteiger partial charge is 0.261 e. The Morgan fingerprint density at radius 3 is 2.70 bits per heavy atom. The van der Waals surface area contributed by atoms with E-state index in [0.717, 1.165) is 18.8 Å². The van der Waals surface area contributed by atoms with Crippen molar-refractivity contribution in [1.29, 1.82) is 0 Å². The van der Waals surface area contributed by atoms with Crippen LogP contribution in [0.1, 0.15) is 32.0 Å². The largest absolute Gasteiger partial charge is 0.393 e. The summed E-state index contributed by atoms with van der Waals surface area (Å²) in [4.78, 5) is 4.17. The average molecular weight is 301 g/mol. The number of nitrogens with zero attached hydrogens (tertiary/aromatic N) is 3. The molecule has 1 N–H and O–H groups in total. The normalized spacial score (nSPS) is 23.1. The zero-order chi connectivity index (χ0) is 14.9. The van der Waals surface area contributed by atoms with Crippen LogP contribution in [0.3, 0.4) is 0 Å². The van der Waals surface area contributed by atoms with Crippen molar-refractivity contribution in [3.05, 3.63) is 12.0 Å². The lowest BCUT2D eigenvalue weighted by Crippen LogP contribution is -2.39. The van der Waals surface area contributed by atoms with E-state index in [4.69, 9.17) is 0 Å². The van der Waals surface area contributed by atoms with Gasteiger partial charge in [-0.15, -0.1) is 0 Å². The van der Waals surface area contributed by atoms with Gasteiger partial charge in [-0.2, -0.15) is 4.31 Å². The number of aryl methyl sites for hydroxylation is 2. The second kappa shape index (κ2) is 5.83. The van der Waals surface area contributed by atoms with E-state index in [-0.39, 0.29) is 17.0 Å². The van der Waals surface area contributed by atoms with E-state index >= 15 is 0 Å². The third-order valence-electron chi connectivity index (χ3n) is 3.82. The molecule has 0 aliphatic heterocycles. The van der Waals surface area contributed by atoms with E-state index in [1.54, 1.807) is 13.2 Å². The van der Waals surface area contributed by atoms with Crippen LogP contribution in [-0.2, 0) is 16.6 Å². The molecule has 7 heteroatoms. The Labute approximate surface area is 120 Å². The van der Waals surface area contributed by atoms with Crippen molar-refractivity contribution < 1.29 is 13.5 Å². The lowest BCUT2D eigenvalue weighted by atomic mass is 9.82. The van der Waals surface area contributed by atoms with Crippen molar-refractivity contribution in [3.8, 4) is 0 Å². The van der Waals surface area contributed by atoms with Gasteiger partial charge in [0.15, 0.2) is 5.03 Å². The minimum absolute atomic E-state index is 0.117. The molecule has 1 fully saturated rings. The summed E-state index contributed by atoms with van der Waals surface area (Å²) in [6.45, 7) is 5.07. The van der Waals surface area contributed by atoms with Crippen molar-refractivity contribution in [3.63, 3.8) is 0 Å². The molecule has 1 saturated carbocycles. The maximum Gasteiger partial charge on any atom is 0.261 e. The molecule has 0 unspecified atom stereocenters. The molecule has 114 valence electrons. The van der Waals surface area contributed by atoms with Crippen LogP contribution in [0.2, 0.25) is 0 Å².